The van der Waals surface area contributed by atoms with Crippen molar-refractivity contribution in [3.05, 3.63) is 0 Å². The van der Waals surface area contributed by atoms with Crippen molar-refractivity contribution in [2.75, 3.05) is 21.2 Å². The maximum absolute atomic E-state index is 14.2. The quantitative estimate of drug-likeness (QED) is 0.331. The second-order valence-electron chi connectivity index (χ2n) is 16.9. The standard InChI is InChI=1S/C37H65NO12/c1-14-25-36(10)29(40)22(6)37(50-36)18(2)16-35(9,49-37)31(48-33-27(39)24(38(11)12)15-19(3)44-33)20(4)28(21(5)32(42)46-25)47-26-17-34(8,43-13)30(41)23(7)45-26/h18-31,33,39-41H,14-17H2,1-13H3/t18-,19+,20-,21-,22-,23-,24-,25-,26-,27+,28+,29+,30-,31+,33-,34+,35-,36-,37+/m0/s1. The molecule has 5 aliphatic heterocycles. The van der Waals surface area contributed by atoms with E-state index in [4.69, 9.17) is 37.9 Å². The second-order valence-corrected chi connectivity index (χ2v) is 16.9. The van der Waals surface area contributed by atoms with Crippen LogP contribution in [0.3, 0.4) is 0 Å². The van der Waals surface area contributed by atoms with E-state index < -0.39 is 102 Å². The summed E-state index contributed by atoms with van der Waals surface area (Å²) in [5.74, 6) is -3.80. The number of cyclic esters (lactones) is 1. The lowest BCUT2D eigenvalue weighted by atomic mass is 9.77. The van der Waals surface area contributed by atoms with Crippen molar-refractivity contribution in [2.45, 2.75) is 185 Å². The number of carbonyl (C=O) groups excluding carboxylic acids is 1. The average Bonchev–Trinajstić information content (AvgIpc) is 3.42. The number of likely N-dealkylation sites (N-methyl/N-ethyl adjacent to an activating group) is 1. The Bertz CT molecular complexity index is 1210. The van der Waals surface area contributed by atoms with Gasteiger partial charge in [-0.25, -0.2) is 0 Å². The Morgan fingerprint density at radius 2 is 1.58 bits per heavy atom. The normalized spacial score (nSPS) is 54.7. The van der Waals surface area contributed by atoms with Gasteiger partial charge in [-0.2, -0.15) is 0 Å². The van der Waals surface area contributed by atoms with Gasteiger partial charge >= 0.3 is 5.97 Å². The van der Waals surface area contributed by atoms with E-state index in [1.165, 1.54) is 0 Å². The summed E-state index contributed by atoms with van der Waals surface area (Å²) in [6.07, 6.45) is -6.22. The van der Waals surface area contributed by atoms with E-state index in [-0.39, 0.29) is 24.5 Å². The minimum Gasteiger partial charge on any atom is -0.459 e. The molecule has 13 nitrogen and oxygen atoms in total. The van der Waals surface area contributed by atoms with Gasteiger partial charge in [0.25, 0.3) is 0 Å². The van der Waals surface area contributed by atoms with Crippen molar-refractivity contribution in [2.24, 2.45) is 23.7 Å². The van der Waals surface area contributed by atoms with Crippen molar-refractivity contribution < 1.29 is 58.0 Å². The number of aliphatic hydroxyl groups excluding tert-OH is 3. The Labute approximate surface area is 298 Å². The largest absolute Gasteiger partial charge is 0.459 e. The molecule has 13 heteroatoms. The lowest BCUT2D eigenvalue weighted by Gasteiger charge is -2.49. The van der Waals surface area contributed by atoms with Gasteiger partial charge in [-0.05, 0) is 74.9 Å². The number of hydrogen-bond acceptors (Lipinski definition) is 13. The highest BCUT2D eigenvalue weighted by atomic mass is 16.8. The molecule has 0 amide bonds. The SMILES string of the molecule is CC[C@@H]1OC(=O)[C@@H](C)[C@H](O[C@H]2C[C@@](C)(OC)[C@@H](O)[C@H](C)O2)[C@H](C)[C@@H](O[C@@H]2O[C@H](C)C[C@H](N(C)C)[C@H]2O)[C@]2(C)C[C@H](C)[C@]3(O[C@]1(C)[C@H](O)[C@@H]3C)O2. The van der Waals surface area contributed by atoms with E-state index in [1.807, 2.05) is 60.5 Å². The van der Waals surface area contributed by atoms with Crippen LogP contribution in [0.2, 0.25) is 0 Å². The van der Waals surface area contributed by atoms with Gasteiger partial charge in [0.2, 0.25) is 0 Å². The van der Waals surface area contributed by atoms with Crippen LogP contribution in [-0.4, -0.2) is 137 Å². The second kappa shape index (κ2) is 14.4. The molecule has 3 bridgehead atoms. The number of rotatable bonds is 7. The minimum absolute atomic E-state index is 0.194. The van der Waals surface area contributed by atoms with Gasteiger partial charge in [-0.1, -0.05) is 27.7 Å². The molecule has 5 aliphatic rings. The van der Waals surface area contributed by atoms with Crippen LogP contribution in [0, 0.1) is 23.7 Å². The Hall–Kier alpha value is -0.970. The smallest absolute Gasteiger partial charge is 0.311 e. The van der Waals surface area contributed by atoms with Crippen LogP contribution in [-0.2, 0) is 42.7 Å². The van der Waals surface area contributed by atoms with Gasteiger partial charge < -0.3 is 58.1 Å². The molecule has 19 atom stereocenters. The number of aliphatic hydroxyl groups is 3. The summed E-state index contributed by atoms with van der Waals surface area (Å²) in [4.78, 5) is 16.2. The summed E-state index contributed by atoms with van der Waals surface area (Å²) in [7, 11) is 5.39. The van der Waals surface area contributed by atoms with Crippen LogP contribution in [0.15, 0.2) is 0 Å². The average molecular weight is 716 g/mol. The van der Waals surface area contributed by atoms with Crippen molar-refractivity contribution in [3.8, 4) is 0 Å². The van der Waals surface area contributed by atoms with Gasteiger partial charge in [0, 0.05) is 37.3 Å². The van der Waals surface area contributed by atoms with E-state index in [1.54, 1.807) is 27.9 Å². The van der Waals surface area contributed by atoms with Crippen molar-refractivity contribution >= 4 is 5.97 Å². The highest BCUT2D eigenvalue weighted by molar-refractivity contribution is 5.73. The van der Waals surface area contributed by atoms with Crippen molar-refractivity contribution in [1.29, 1.82) is 0 Å². The molecule has 1 spiro atoms. The third-order valence-corrected chi connectivity index (χ3v) is 12.9. The van der Waals surface area contributed by atoms with Crippen LogP contribution in [0.1, 0.15) is 94.9 Å². The molecular weight excluding hydrogens is 650 g/mol. The predicted molar refractivity (Wildman–Crippen MR) is 182 cm³/mol. The number of hydrogen-bond donors (Lipinski definition) is 3. The first-order chi connectivity index (χ1) is 23.2. The fourth-order valence-electron chi connectivity index (χ4n) is 9.81. The predicted octanol–water partition coefficient (Wildman–Crippen LogP) is 2.99. The minimum atomic E-state index is -1.25. The molecule has 0 aromatic heterocycles. The molecule has 290 valence electrons. The number of methoxy groups -OCH3 is 1. The van der Waals surface area contributed by atoms with E-state index >= 15 is 0 Å². The molecule has 0 aromatic rings. The Balaban J connectivity index is 1.62. The molecular formula is C37H65NO12. The number of esters is 1. The molecule has 5 saturated heterocycles. The number of fused-ring (bicyclic) bond motifs is 2. The highest BCUT2D eigenvalue weighted by Crippen LogP contribution is 2.59. The zero-order valence-corrected chi connectivity index (χ0v) is 32.5. The molecule has 0 unspecified atom stereocenters. The summed E-state index contributed by atoms with van der Waals surface area (Å²) in [6, 6.07) is -0.218. The third-order valence-electron chi connectivity index (χ3n) is 12.9. The Morgan fingerprint density at radius 3 is 2.18 bits per heavy atom. The highest BCUT2D eigenvalue weighted by Gasteiger charge is 2.71. The maximum atomic E-state index is 14.2. The lowest BCUT2D eigenvalue weighted by molar-refractivity contribution is -0.344. The van der Waals surface area contributed by atoms with Crippen LogP contribution < -0.4 is 0 Å². The molecule has 50 heavy (non-hydrogen) atoms. The molecule has 3 N–H and O–H groups in total. The van der Waals surface area contributed by atoms with Crippen molar-refractivity contribution in [1.82, 2.24) is 4.90 Å². The van der Waals surface area contributed by atoms with E-state index in [2.05, 4.69) is 6.92 Å². The first-order valence-corrected chi connectivity index (χ1v) is 18.7. The number of ether oxygens (including phenoxy) is 8. The van der Waals surface area contributed by atoms with E-state index in [0.29, 0.717) is 19.3 Å². The topological polar surface area (TPSA) is 155 Å². The summed E-state index contributed by atoms with van der Waals surface area (Å²) >= 11 is 0. The van der Waals surface area contributed by atoms with E-state index in [0.717, 1.165) is 0 Å². The lowest BCUT2D eigenvalue weighted by Crippen LogP contribution is -2.61. The molecule has 5 fully saturated rings. The monoisotopic (exact) mass is 715 g/mol. The van der Waals surface area contributed by atoms with Gasteiger partial charge in [0.1, 0.15) is 23.9 Å². The molecule has 0 aromatic carbocycles. The van der Waals surface area contributed by atoms with Gasteiger partial charge in [-0.3, -0.25) is 4.79 Å². The molecule has 0 aliphatic carbocycles. The zero-order valence-electron chi connectivity index (χ0n) is 32.5. The zero-order chi connectivity index (χ0) is 37.3. The maximum Gasteiger partial charge on any atom is 0.311 e. The van der Waals surface area contributed by atoms with Crippen LogP contribution >= 0.6 is 0 Å². The number of carbonyl (C=O) groups is 1. The van der Waals surface area contributed by atoms with Crippen LogP contribution in [0.5, 0.6) is 0 Å². The fraction of sp³-hybridized carbons (Fsp3) is 0.973. The Kier molecular flexibility index (Phi) is 11.5. The van der Waals surface area contributed by atoms with E-state index in [9.17, 15) is 20.1 Å². The van der Waals surface area contributed by atoms with Crippen LogP contribution in [0.25, 0.3) is 0 Å². The van der Waals surface area contributed by atoms with Crippen molar-refractivity contribution in [3.63, 3.8) is 0 Å². The third kappa shape index (κ3) is 6.69. The molecule has 0 radical (unpaired) electrons. The van der Waals surface area contributed by atoms with Gasteiger partial charge in [0.05, 0.1) is 47.6 Å². The first-order valence-electron chi connectivity index (χ1n) is 18.7. The fourth-order valence-corrected chi connectivity index (χ4v) is 9.81. The summed E-state index contributed by atoms with van der Waals surface area (Å²) in [5.41, 5.74) is -3.25. The Morgan fingerprint density at radius 1 is 0.920 bits per heavy atom. The summed E-state index contributed by atoms with van der Waals surface area (Å²) < 4.78 is 52.3. The summed E-state index contributed by atoms with van der Waals surface area (Å²) in [5, 5.41) is 34.4. The first kappa shape index (κ1) is 40.2. The van der Waals surface area contributed by atoms with Gasteiger partial charge in [-0.15, -0.1) is 0 Å². The number of nitrogens with zero attached hydrogens (tertiary/aromatic N) is 1. The molecule has 5 rings (SSSR count). The van der Waals surface area contributed by atoms with Gasteiger partial charge in [0.15, 0.2) is 18.4 Å². The molecule has 0 saturated carbocycles. The summed E-state index contributed by atoms with van der Waals surface area (Å²) in [6.45, 7) is 18.9. The van der Waals surface area contributed by atoms with Crippen LogP contribution in [0.4, 0.5) is 0 Å². The molecule has 5 heterocycles.